The summed E-state index contributed by atoms with van der Waals surface area (Å²) in [6, 6.07) is 5.58. The molecule has 0 saturated heterocycles. The lowest BCUT2D eigenvalue weighted by Gasteiger charge is -1.92. The number of aromatic nitrogens is 3. The molecule has 0 amide bonds. The number of nitrogens with one attached hydrogen (secondary N) is 1. The van der Waals surface area contributed by atoms with Crippen molar-refractivity contribution in [2.24, 2.45) is 0 Å². The highest BCUT2D eigenvalue weighted by molar-refractivity contribution is 5.60. The van der Waals surface area contributed by atoms with Gasteiger partial charge >= 0.3 is 0 Å². The van der Waals surface area contributed by atoms with E-state index in [1.165, 1.54) is 0 Å². The summed E-state index contributed by atoms with van der Waals surface area (Å²) in [6.07, 6.45) is 3.46. The lowest BCUT2D eigenvalue weighted by Crippen LogP contribution is -1.81. The largest absolute Gasteiger partial charge is 0.382 e. The van der Waals surface area contributed by atoms with E-state index in [0.717, 1.165) is 11.3 Å². The summed E-state index contributed by atoms with van der Waals surface area (Å²) in [4.78, 5) is 3.91. The molecule has 2 aromatic heterocycles. The van der Waals surface area contributed by atoms with Crippen molar-refractivity contribution in [1.82, 2.24) is 15.2 Å². The van der Waals surface area contributed by atoms with Crippen molar-refractivity contribution in [3.8, 4) is 11.3 Å². The second-order valence-electron chi connectivity index (χ2n) is 2.44. The van der Waals surface area contributed by atoms with E-state index in [1.807, 2.05) is 26.0 Å². The van der Waals surface area contributed by atoms with E-state index in [1.54, 1.807) is 18.5 Å². The molecule has 2 heterocycles. The van der Waals surface area contributed by atoms with Crippen molar-refractivity contribution in [3.05, 3.63) is 30.6 Å². The SMILES string of the molecule is CC.Nc1cc(-c2ccncc2)[nH]n1. The van der Waals surface area contributed by atoms with E-state index >= 15 is 0 Å². The number of nitrogens with zero attached hydrogens (tertiary/aromatic N) is 2. The predicted octanol–water partition coefficient (Wildman–Crippen LogP) is 2.08. The van der Waals surface area contributed by atoms with Gasteiger partial charge in [0.1, 0.15) is 5.82 Å². The number of pyridine rings is 1. The van der Waals surface area contributed by atoms with Gasteiger partial charge in [0.2, 0.25) is 0 Å². The summed E-state index contributed by atoms with van der Waals surface area (Å²) in [5, 5.41) is 6.64. The van der Waals surface area contributed by atoms with Crippen LogP contribution < -0.4 is 5.73 Å². The average Bonchev–Trinajstić information content (AvgIpc) is 2.69. The Hall–Kier alpha value is -1.84. The maximum absolute atomic E-state index is 5.46. The van der Waals surface area contributed by atoms with Crippen LogP contribution in [0.5, 0.6) is 0 Å². The molecule has 0 fully saturated rings. The molecule has 0 bridgehead atoms. The van der Waals surface area contributed by atoms with Crippen LogP contribution in [0.2, 0.25) is 0 Å². The zero-order chi connectivity index (χ0) is 10.4. The Labute approximate surface area is 83.2 Å². The van der Waals surface area contributed by atoms with Gasteiger partial charge in [-0.1, -0.05) is 13.8 Å². The summed E-state index contributed by atoms with van der Waals surface area (Å²) in [5.41, 5.74) is 7.41. The molecule has 0 saturated carbocycles. The number of aromatic amines is 1. The Kier molecular flexibility index (Phi) is 3.67. The van der Waals surface area contributed by atoms with Crippen LogP contribution in [0.15, 0.2) is 30.6 Å². The Bertz CT molecular complexity index is 367. The Morgan fingerprint density at radius 3 is 2.36 bits per heavy atom. The number of hydrogen-bond acceptors (Lipinski definition) is 3. The molecule has 3 N–H and O–H groups in total. The highest BCUT2D eigenvalue weighted by Gasteiger charge is 1.98. The highest BCUT2D eigenvalue weighted by atomic mass is 15.2. The molecular weight excluding hydrogens is 176 g/mol. The molecule has 0 aliphatic rings. The smallest absolute Gasteiger partial charge is 0.145 e. The Morgan fingerprint density at radius 1 is 1.21 bits per heavy atom. The minimum absolute atomic E-state index is 0.502. The molecule has 4 heteroatoms. The standard InChI is InChI=1S/C8H8N4.C2H6/c9-8-5-7(11-12-8)6-1-3-10-4-2-6;1-2/h1-5H,(H3,9,11,12);1-2H3. The molecule has 2 aromatic rings. The molecule has 0 unspecified atom stereocenters. The lowest BCUT2D eigenvalue weighted by molar-refractivity contribution is 1.10. The summed E-state index contributed by atoms with van der Waals surface area (Å²) in [5.74, 6) is 0.502. The quantitative estimate of drug-likeness (QED) is 0.723. The van der Waals surface area contributed by atoms with Gasteiger partial charge in [0.25, 0.3) is 0 Å². The van der Waals surface area contributed by atoms with Crippen LogP contribution in [0.1, 0.15) is 13.8 Å². The summed E-state index contributed by atoms with van der Waals surface area (Å²) >= 11 is 0. The number of hydrogen-bond donors (Lipinski definition) is 2. The van der Waals surface area contributed by atoms with Gasteiger partial charge in [-0.15, -0.1) is 0 Å². The van der Waals surface area contributed by atoms with Crippen molar-refractivity contribution in [1.29, 1.82) is 0 Å². The average molecular weight is 190 g/mol. The third-order valence-corrected chi connectivity index (χ3v) is 1.59. The van der Waals surface area contributed by atoms with Gasteiger partial charge in [0, 0.05) is 24.0 Å². The maximum atomic E-state index is 5.46. The van der Waals surface area contributed by atoms with Crippen molar-refractivity contribution in [2.75, 3.05) is 5.73 Å². The van der Waals surface area contributed by atoms with Gasteiger partial charge in [-0.3, -0.25) is 10.1 Å². The van der Waals surface area contributed by atoms with E-state index in [2.05, 4.69) is 15.2 Å². The normalized spacial score (nSPS) is 9.00. The van der Waals surface area contributed by atoms with Gasteiger partial charge in [0.15, 0.2) is 0 Å². The minimum Gasteiger partial charge on any atom is -0.382 e. The fourth-order valence-electron chi connectivity index (χ4n) is 1.02. The first-order chi connectivity index (χ1) is 6.86. The topological polar surface area (TPSA) is 67.6 Å². The van der Waals surface area contributed by atoms with Crippen LogP contribution >= 0.6 is 0 Å². The molecule has 0 radical (unpaired) electrons. The molecule has 14 heavy (non-hydrogen) atoms. The minimum atomic E-state index is 0.502. The number of H-pyrrole nitrogens is 1. The first-order valence-corrected chi connectivity index (χ1v) is 4.57. The number of rotatable bonds is 1. The fourth-order valence-corrected chi connectivity index (χ4v) is 1.02. The Balaban J connectivity index is 0.000000461. The monoisotopic (exact) mass is 190 g/mol. The first-order valence-electron chi connectivity index (χ1n) is 4.57. The van der Waals surface area contributed by atoms with Crippen molar-refractivity contribution < 1.29 is 0 Å². The van der Waals surface area contributed by atoms with Gasteiger partial charge < -0.3 is 5.73 Å². The van der Waals surface area contributed by atoms with Crippen LogP contribution in [0.25, 0.3) is 11.3 Å². The molecule has 0 spiro atoms. The van der Waals surface area contributed by atoms with Crippen molar-refractivity contribution in [2.45, 2.75) is 13.8 Å². The van der Waals surface area contributed by atoms with Crippen LogP contribution in [-0.4, -0.2) is 15.2 Å². The molecule has 0 atom stereocenters. The maximum Gasteiger partial charge on any atom is 0.145 e. The molecule has 0 aliphatic carbocycles. The number of nitrogen functional groups attached to an aromatic ring is 1. The lowest BCUT2D eigenvalue weighted by atomic mass is 10.2. The van der Waals surface area contributed by atoms with Crippen LogP contribution in [-0.2, 0) is 0 Å². The molecule has 4 nitrogen and oxygen atoms in total. The number of nitrogens with two attached hydrogens (primary N) is 1. The number of anilines is 1. The van der Waals surface area contributed by atoms with Crippen LogP contribution in [0.4, 0.5) is 5.82 Å². The third-order valence-electron chi connectivity index (χ3n) is 1.59. The second-order valence-corrected chi connectivity index (χ2v) is 2.44. The van der Waals surface area contributed by atoms with E-state index in [4.69, 9.17) is 5.73 Å². The summed E-state index contributed by atoms with van der Waals surface area (Å²) in [7, 11) is 0. The van der Waals surface area contributed by atoms with Gasteiger partial charge in [0.05, 0.1) is 5.69 Å². The van der Waals surface area contributed by atoms with E-state index in [-0.39, 0.29) is 0 Å². The van der Waals surface area contributed by atoms with E-state index < -0.39 is 0 Å². The van der Waals surface area contributed by atoms with Gasteiger partial charge in [-0.25, -0.2) is 0 Å². The van der Waals surface area contributed by atoms with Crippen molar-refractivity contribution >= 4 is 5.82 Å². The van der Waals surface area contributed by atoms with Crippen LogP contribution in [0, 0.1) is 0 Å². The van der Waals surface area contributed by atoms with E-state index in [9.17, 15) is 0 Å². The molecule has 2 rings (SSSR count). The third kappa shape index (κ3) is 2.32. The van der Waals surface area contributed by atoms with Crippen molar-refractivity contribution in [3.63, 3.8) is 0 Å². The zero-order valence-electron chi connectivity index (χ0n) is 8.36. The van der Waals surface area contributed by atoms with Gasteiger partial charge in [-0.05, 0) is 12.1 Å². The molecular formula is C10H14N4. The summed E-state index contributed by atoms with van der Waals surface area (Å²) in [6.45, 7) is 4.00. The summed E-state index contributed by atoms with van der Waals surface area (Å²) < 4.78 is 0. The van der Waals surface area contributed by atoms with E-state index in [0.29, 0.717) is 5.82 Å². The first kappa shape index (κ1) is 10.2. The predicted molar refractivity (Wildman–Crippen MR) is 57.6 cm³/mol. The van der Waals surface area contributed by atoms with Crippen LogP contribution in [0.3, 0.4) is 0 Å². The molecule has 0 aromatic carbocycles. The molecule has 74 valence electrons. The zero-order valence-corrected chi connectivity index (χ0v) is 8.36. The fraction of sp³-hybridized carbons (Fsp3) is 0.200. The second kappa shape index (κ2) is 5.01. The highest BCUT2D eigenvalue weighted by Crippen LogP contribution is 2.16. The Morgan fingerprint density at radius 2 is 1.86 bits per heavy atom. The van der Waals surface area contributed by atoms with Gasteiger partial charge in [-0.2, -0.15) is 5.10 Å². The molecule has 0 aliphatic heterocycles.